The predicted molar refractivity (Wildman–Crippen MR) is 105 cm³/mol. The van der Waals surface area contributed by atoms with Gasteiger partial charge in [0.1, 0.15) is 11.2 Å². The highest BCUT2D eigenvalue weighted by molar-refractivity contribution is 6.01. The summed E-state index contributed by atoms with van der Waals surface area (Å²) in [6.07, 6.45) is 9.04. The number of fused-ring (bicyclic) bond motifs is 2. The zero-order valence-corrected chi connectivity index (χ0v) is 15.2. The molecule has 1 saturated carbocycles. The Bertz CT molecular complexity index is 959. The summed E-state index contributed by atoms with van der Waals surface area (Å²) >= 11 is 0. The summed E-state index contributed by atoms with van der Waals surface area (Å²) in [7, 11) is 0. The van der Waals surface area contributed by atoms with Crippen LogP contribution >= 0.6 is 0 Å². The average molecular weight is 357 g/mol. The summed E-state index contributed by atoms with van der Waals surface area (Å²) in [6.45, 7) is 0. The number of hydrogen-bond acceptors (Lipinski definition) is 2. The molecule has 0 unspecified atom stereocenters. The van der Waals surface area contributed by atoms with E-state index in [-0.39, 0.29) is 11.7 Å². The normalized spacial score (nSPS) is 29.3. The molecule has 3 atom stereocenters. The summed E-state index contributed by atoms with van der Waals surface area (Å²) < 4.78 is 0. The van der Waals surface area contributed by atoms with Crippen LogP contribution in [0.3, 0.4) is 0 Å². The molecule has 0 aromatic heterocycles. The lowest BCUT2D eigenvalue weighted by atomic mass is 9.60. The van der Waals surface area contributed by atoms with Gasteiger partial charge in [0.25, 0.3) is 0 Å². The molecule has 3 aliphatic rings. The number of hydrogen-bond donors (Lipinski definition) is 2. The van der Waals surface area contributed by atoms with Crippen molar-refractivity contribution in [2.75, 3.05) is 0 Å². The van der Waals surface area contributed by atoms with Crippen LogP contribution in [0.2, 0.25) is 0 Å². The van der Waals surface area contributed by atoms with Gasteiger partial charge in [-0.05, 0) is 48.0 Å². The second-order valence-electron chi connectivity index (χ2n) is 7.83. The molecule has 1 fully saturated rings. The minimum atomic E-state index is -0.965. The minimum Gasteiger partial charge on any atom is -0.508 e. The summed E-state index contributed by atoms with van der Waals surface area (Å²) in [6, 6.07) is 17.2. The average Bonchev–Trinajstić information content (AvgIpc) is 3.02. The van der Waals surface area contributed by atoms with Gasteiger partial charge in [0.2, 0.25) is 5.91 Å². The maximum Gasteiger partial charge on any atom is 0.243 e. The molecule has 27 heavy (non-hydrogen) atoms. The van der Waals surface area contributed by atoms with Crippen molar-refractivity contribution in [3.63, 3.8) is 0 Å². The molecular weight excluding hydrogens is 334 g/mol. The third kappa shape index (κ3) is 2.24. The van der Waals surface area contributed by atoms with E-state index in [0.717, 1.165) is 29.7 Å². The van der Waals surface area contributed by atoms with E-state index in [9.17, 15) is 9.90 Å². The van der Waals surface area contributed by atoms with E-state index in [1.165, 1.54) is 12.8 Å². The van der Waals surface area contributed by atoms with Crippen molar-refractivity contribution in [1.82, 2.24) is 5.32 Å². The Hall–Kier alpha value is -2.81. The first-order valence-corrected chi connectivity index (χ1v) is 9.81. The summed E-state index contributed by atoms with van der Waals surface area (Å²) in [5.41, 5.74) is 2.71. The molecule has 1 amide bonds. The highest BCUT2D eigenvalue weighted by atomic mass is 16.3. The molecule has 136 valence electrons. The number of carbonyl (C=O) groups excluding carboxylic acids is 1. The zero-order chi connectivity index (χ0) is 18.4. The molecule has 5 rings (SSSR count). The first-order chi connectivity index (χ1) is 13.2. The number of allylic oxidation sites excluding steroid dienone is 2. The second kappa shape index (κ2) is 6.12. The monoisotopic (exact) mass is 357 g/mol. The maximum absolute atomic E-state index is 13.6. The van der Waals surface area contributed by atoms with E-state index in [2.05, 4.69) is 17.5 Å². The second-order valence-corrected chi connectivity index (χ2v) is 7.83. The Morgan fingerprint density at radius 2 is 1.70 bits per heavy atom. The molecule has 2 aromatic carbocycles. The van der Waals surface area contributed by atoms with Gasteiger partial charge >= 0.3 is 0 Å². The summed E-state index contributed by atoms with van der Waals surface area (Å²) in [5.74, 6) is 0.917. The smallest absolute Gasteiger partial charge is 0.243 e. The van der Waals surface area contributed by atoms with E-state index in [1.807, 2.05) is 48.5 Å². The fourth-order valence-electron chi connectivity index (χ4n) is 5.37. The lowest BCUT2D eigenvalue weighted by Crippen LogP contribution is -2.42. The molecule has 0 spiro atoms. The quantitative estimate of drug-likeness (QED) is 0.835. The van der Waals surface area contributed by atoms with Crippen molar-refractivity contribution < 1.29 is 9.90 Å². The highest BCUT2D eigenvalue weighted by Gasteiger charge is 2.55. The van der Waals surface area contributed by atoms with Gasteiger partial charge in [0.15, 0.2) is 0 Å². The third-order valence-electron chi connectivity index (χ3n) is 6.50. The van der Waals surface area contributed by atoms with Gasteiger partial charge in [-0.3, -0.25) is 4.79 Å². The Labute approximate surface area is 159 Å². The number of aromatic hydroxyl groups is 1. The summed E-state index contributed by atoms with van der Waals surface area (Å²) in [5, 5.41) is 13.9. The fraction of sp³-hybridized carbons (Fsp3) is 0.292. The van der Waals surface area contributed by atoms with Gasteiger partial charge < -0.3 is 10.4 Å². The van der Waals surface area contributed by atoms with Gasteiger partial charge in [-0.25, -0.2) is 0 Å². The molecule has 0 saturated heterocycles. The van der Waals surface area contributed by atoms with Crippen LogP contribution in [0.4, 0.5) is 0 Å². The van der Waals surface area contributed by atoms with Gasteiger partial charge in [-0.2, -0.15) is 0 Å². The van der Waals surface area contributed by atoms with Gasteiger partial charge in [0, 0.05) is 11.3 Å². The van der Waals surface area contributed by atoms with Crippen LogP contribution in [-0.4, -0.2) is 11.0 Å². The van der Waals surface area contributed by atoms with Crippen LogP contribution in [-0.2, 0) is 10.2 Å². The standard InChI is InChI=1S/C24H23NO2/c26-21-13-7-6-12-19(21)24(17-9-2-1-3-10-17)22-18-11-5-4-8-16(18)14-15-20(22)25-23(24)27/h1-3,6-7,9-10,12-16,18,26H,4-5,8,11H2,(H,25,27)/t16-,18-,24+/m0/s1. The number of para-hydroxylation sites is 1. The Balaban J connectivity index is 1.82. The minimum absolute atomic E-state index is 0.0592. The topological polar surface area (TPSA) is 49.3 Å². The third-order valence-corrected chi connectivity index (χ3v) is 6.50. The molecule has 3 nitrogen and oxygen atoms in total. The van der Waals surface area contributed by atoms with E-state index in [1.54, 1.807) is 6.07 Å². The first-order valence-electron chi connectivity index (χ1n) is 9.81. The van der Waals surface area contributed by atoms with Crippen molar-refractivity contribution >= 4 is 5.91 Å². The fourth-order valence-corrected chi connectivity index (χ4v) is 5.37. The van der Waals surface area contributed by atoms with E-state index in [4.69, 9.17) is 0 Å². The lowest BCUT2D eigenvalue weighted by molar-refractivity contribution is -0.122. The number of amides is 1. The lowest BCUT2D eigenvalue weighted by Gasteiger charge is -2.41. The Kier molecular flexibility index (Phi) is 3.71. The van der Waals surface area contributed by atoms with Crippen LogP contribution in [0.15, 0.2) is 78.0 Å². The Morgan fingerprint density at radius 1 is 0.963 bits per heavy atom. The van der Waals surface area contributed by atoms with Gasteiger partial charge in [-0.15, -0.1) is 0 Å². The highest BCUT2D eigenvalue weighted by Crippen LogP contribution is 2.55. The molecule has 1 heterocycles. The molecule has 3 heteroatoms. The van der Waals surface area contributed by atoms with Gasteiger partial charge in [-0.1, -0.05) is 67.4 Å². The van der Waals surface area contributed by atoms with Crippen molar-refractivity contribution in [3.8, 4) is 5.75 Å². The van der Waals surface area contributed by atoms with E-state index < -0.39 is 5.41 Å². The van der Waals surface area contributed by atoms with Crippen molar-refractivity contribution in [2.24, 2.45) is 11.8 Å². The number of rotatable bonds is 2. The zero-order valence-electron chi connectivity index (χ0n) is 15.2. The number of nitrogens with one attached hydrogen (secondary N) is 1. The Morgan fingerprint density at radius 3 is 2.52 bits per heavy atom. The molecule has 2 aromatic rings. The number of phenols is 1. The van der Waals surface area contributed by atoms with Crippen LogP contribution in [0.1, 0.15) is 36.8 Å². The number of carbonyl (C=O) groups is 1. The van der Waals surface area contributed by atoms with Crippen LogP contribution < -0.4 is 5.32 Å². The van der Waals surface area contributed by atoms with Crippen LogP contribution in [0.25, 0.3) is 0 Å². The molecule has 0 radical (unpaired) electrons. The number of benzene rings is 2. The molecular formula is C24H23NO2. The SMILES string of the molecule is O=C1NC2=C([C@H]3CCCC[C@H]3C=C2)[C@@]1(c1ccccc1)c1ccccc1O. The molecule has 2 N–H and O–H groups in total. The number of phenolic OH excluding ortho intramolecular Hbond substituents is 1. The largest absolute Gasteiger partial charge is 0.508 e. The van der Waals surface area contributed by atoms with E-state index in [0.29, 0.717) is 17.4 Å². The molecule has 0 bridgehead atoms. The van der Waals surface area contributed by atoms with E-state index >= 15 is 0 Å². The van der Waals surface area contributed by atoms with Crippen molar-refractivity contribution in [1.29, 1.82) is 0 Å². The maximum atomic E-state index is 13.6. The van der Waals surface area contributed by atoms with Crippen molar-refractivity contribution in [2.45, 2.75) is 31.1 Å². The summed E-state index contributed by atoms with van der Waals surface area (Å²) in [4.78, 5) is 13.6. The van der Waals surface area contributed by atoms with Gasteiger partial charge in [0.05, 0.1) is 0 Å². The first kappa shape index (κ1) is 16.4. The van der Waals surface area contributed by atoms with Crippen LogP contribution in [0.5, 0.6) is 5.75 Å². The molecule has 2 aliphatic carbocycles. The molecule has 1 aliphatic heterocycles. The predicted octanol–water partition coefficient (Wildman–Crippen LogP) is 4.44. The van der Waals surface area contributed by atoms with Crippen LogP contribution in [0, 0.1) is 11.8 Å². The van der Waals surface area contributed by atoms with Crippen molar-refractivity contribution in [3.05, 3.63) is 89.1 Å².